The zero-order chi connectivity index (χ0) is 16.5. The molecule has 1 atom stereocenters. The van der Waals surface area contributed by atoms with Crippen LogP contribution in [0.2, 0.25) is 0 Å². The monoisotopic (exact) mass is 318 g/mol. The van der Waals surface area contributed by atoms with E-state index in [1.807, 2.05) is 30.3 Å². The van der Waals surface area contributed by atoms with E-state index in [1.54, 1.807) is 0 Å². The summed E-state index contributed by atoms with van der Waals surface area (Å²) in [6.07, 6.45) is 5.38. The summed E-state index contributed by atoms with van der Waals surface area (Å²) in [7, 11) is 0. The minimum Gasteiger partial charge on any atom is -0.391 e. The number of benzene rings is 1. The first-order valence-corrected chi connectivity index (χ1v) is 8.45. The standard InChI is InChI=1S/C18H26N2O3/c21-16(15-10-4-5-11-15)13-20-18(23)17(22)19-12-6-9-14-7-2-1-3-8-14/h1-3,7-8,15-16,21H,4-6,9-13H2,(H,19,22)(H,20,23). The van der Waals surface area contributed by atoms with E-state index >= 15 is 0 Å². The number of carbonyl (C=O) groups excluding carboxylic acids is 2. The first kappa shape index (κ1) is 17.5. The molecular weight excluding hydrogens is 292 g/mol. The number of aryl methyl sites for hydroxylation is 1. The predicted molar refractivity (Wildman–Crippen MR) is 88.7 cm³/mol. The van der Waals surface area contributed by atoms with Gasteiger partial charge in [0.2, 0.25) is 0 Å². The third-order valence-corrected chi connectivity index (χ3v) is 4.39. The van der Waals surface area contributed by atoms with E-state index in [-0.39, 0.29) is 12.5 Å². The maximum atomic E-state index is 11.7. The van der Waals surface area contributed by atoms with Gasteiger partial charge in [-0.3, -0.25) is 9.59 Å². The van der Waals surface area contributed by atoms with Crippen molar-refractivity contribution in [1.82, 2.24) is 10.6 Å². The summed E-state index contributed by atoms with van der Waals surface area (Å²) in [6, 6.07) is 10.0. The summed E-state index contributed by atoms with van der Waals surface area (Å²) >= 11 is 0. The molecule has 1 fully saturated rings. The summed E-state index contributed by atoms with van der Waals surface area (Å²) in [6.45, 7) is 0.618. The van der Waals surface area contributed by atoms with Crippen LogP contribution < -0.4 is 10.6 Å². The lowest BCUT2D eigenvalue weighted by molar-refractivity contribution is -0.139. The van der Waals surface area contributed by atoms with E-state index in [0.717, 1.165) is 38.5 Å². The number of hydrogen-bond donors (Lipinski definition) is 3. The number of carbonyl (C=O) groups is 2. The maximum absolute atomic E-state index is 11.7. The molecule has 3 N–H and O–H groups in total. The van der Waals surface area contributed by atoms with Gasteiger partial charge in [0.1, 0.15) is 0 Å². The smallest absolute Gasteiger partial charge is 0.309 e. The van der Waals surface area contributed by atoms with Gasteiger partial charge in [0.15, 0.2) is 0 Å². The van der Waals surface area contributed by atoms with Crippen LogP contribution in [0.25, 0.3) is 0 Å². The fourth-order valence-electron chi connectivity index (χ4n) is 3.01. The van der Waals surface area contributed by atoms with Gasteiger partial charge in [0.05, 0.1) is 6.10 Å². The first-order valence-electron chi connectivity index (χ1n) is 8.45. The van der Waals surface area contributed by atoms with Crippen LogP contribution in [-0.4, -0.2) is 36.1 Å². The van der Waals surface area contributed by atoms with Crippen molar-refractivity contribution in [3.05, 3.63) is 35.9 Å². The second-order valence-electron chi connectivity index (χ2n) is 6.17. The zero-order valence-electron chi connectivity index (χ0n) is 13.5. The molecule has 5 heteroatoms. The highest BCUT2D eigenvalue weighted by atomic mass is 16.3. The molecule has 0 heterocycles. The van der Waals surface area contributed by atoms with Gasteiger partial charge in [-0.1, -0.05) is 43.2 Å². The van der Waals surface area contributed by atoms with Gasteiger partial charge in [0, 0.05) is 13.1 Å². The highest BCUT2D eigenvalue weighted by Crippen LogP contribution is 2.27. The molecule has 1 aromatic carbocycles. The Balaban J connectivity index is 1.58. The average molecular weight is 318 g/mol. The van der Waals surface area contributed by atoms with Gasteiger partial charge in [-0.15, -0.1) is 0 Å². The molecule has 23 heavy (non-hydrogen) atoms. The van der Waals surface area contributed by atoms with Crippen LogP contribution >= 0.6 is 0 Å². The lowest BCUT2D eigenvalue weighted by Crippen LogP contribution is -2.44. The van der Waals surface area contributed by atoms with E-state index in [0.29, 0.717) is 6.54 Å². The largest absolute Gasteiger partial charge is 0.391 e. The van der Waals surface area contributed by atoms with Crippen LogP contribution in [0.5, 0.6) is 0 Å². The number of nitrogens with one attached hydrogen (secondary N) is 2. The Bertz CT molecular complexity index is 498. The van der Waals surface area contributed by atoms with Crippen LogP contribution in [-0.2, 0) is 16.0 Å². The Kier molecular flexibility index (Phi) is 7.07. The van der Waals surface area contributed by atoms with Gasteiger partial charge in [-0.25, -0.2) is 0 Å². The molecule has 2 amide bonds. The zero-order valence-corrected chi connectivity index (χ0v) is 13.5. The third-order valence-electron chi connectivity index (χ3n) is 4.39. The normalized spacial score (nSPS) is 16.0. The van der Waals surface area contributed by atoms with E-state index in [1.165, 1.54) is 5.56 Å². The molecule has 0 aromatic heterocycles. The molecule has 0 saturated heterocycles. The van der Waals surface area contributed by atoms with E-state index < -0.39 is 17.9 Å². The topological polar surface area (TPSA) is 78.4 Å². The molecule has 0 radical (unpaired) electrons. The Hall–Kier alpha value is -1.88. The van der Waals surface area contributed by atoms with Crippen LogP contribution in [0.1, 0.15) is 37.7 Å². The van der Waals surface area contributed by atoms with Crippen molar-refractivity contribution in [2.24, 2.45) is 5.92 Å². The Labute approximate surface area is 137 Å². The molecule has 1 aliphatic rings. The molecule has 0 spiro atoms. The Morgan fingerprint density at radius 1 is 1.09 bits per heavy atom. The quantitative estimate of drug-likeness (QED) is 0.525. The highest BCUT2D eigenvalue weighted by Gasteiger charge is 2.24. The van der Waals surface area contributed by atoms with Gasteiger partial charge < -0.3 is 15.7 Å². The van der Waals surface area contributed by atoms with Gasteiger partial charge in [0.25, 0.3) is 0 Å². The molecule has 2 rings (SSSR count). The van der Waals surface area contributed by atoms with Crippen molar-refractivity contribution in [3.8, 4) is 0 Å². The summed E-state index contributed by atoms with van der Waals surface area (Å²) in [5.41, 5.74) is 1.21. The first-order chi connectivity index (χ1) is 11.2. The van der Waals surface area contributed by atoms with E-state index in [2.05, 4.69) is 10.6 Å². The van der Waals surface area contributed by atoms with Crippen molar-refractivity contribution >= 4 is 11.8 Å². The molecule has 5 nitrogen and oxygen atoms in total. The minimum absolute atomic E-state index is 0.154. The lowest BCUT2D eigenvalue weighted by Gasteiger charge is -2.17. The summed E-state index contributed by atoms with van der Waals surface area (Å²) < 4.78 is 0. The van der Waals surface area contributed by atoms with Crippen LogP contribution in [0.4, 0.5) is 0 Å². The predicted octanol–water partition coefficient (Wildman–Crippen LogP) is 1.40. The van der Waals surface area contributed by atoms with Crippen molar-refractivity contribution in [2.45, 2.75) is 44.6 Å². The van der Waals surface area contributed by atoms with E-state index in [9.17, 15) is 14.7 Å². The molecule has 1 aliphatic carbocycles. The SMILES string of the molecule is O=C(NCCCc1ccccc1)C(=O)NCC(O)C1CCCC1. The molecule has 126 valence electrons. The number of aliphatic hydroxyl groups excluding tert-OH is 1. The molecule has 0 aliphatic heterocycles. The molecule has 1 unspecified atom stereocenters. The van der Waals surface area contributed by atoms with Crippen molar-refractivity contribution in [3.63, 3.8) is 0 Å². The van der Waals surface area contributed by atoms with Crippen molar-refractivity contribution in [1.29, 1.82) is 0 Å². The maximum Gasteiger partial charge on any atom is 0.309 e. The Morgan fingerprint density at radius 3 is 2.43 bits per heavy atom. The summed E-state index contributed by atoms with van der Waals surface area (Å²) in [4.78, 5) is 23.4. The van der Waals surface area contributed by atoms with Crippen LogP contribution in [0.3, 0.4) is 0 Å². The van der Waals surface area contributed by atoms with Crippen molar-refractivity contribution in [2.75, 3.05) is 13.1 Å². The van der Waals surface area contributed by atoms with E-state index in [4.69, 9.17) is 0 Å². The highest BCUT2D eigenvalue weighted by molar-refractivity contribution is 6.35. The average Bonchev–Trinajstić information content (AvgIpc) is 3.11. The fourth-order valence-corrected chi connectivity index (χ4v) is 3.01. The Morgan fingerprint density at radius 2 is 1.74 bits per heavy atom. The number of hydrogen-bond acceptors (Lipinski definition) is 3. The third kappa shape index (κ3) is 6.02. The molecule has 1 aromatic rings. The summed E-state index contributed by atoms with van der Waals surface area (Å²) in [5, 5.41) is 15.1. The van der Waals surface area contributed by atoms with Gasteiger partial charge >= 0.3 is 11.8 Å². The second kappa shape index (κ2) is 9.30. The van der Waals surface area contributed by atoms with Gasteiger partial charge in [-0.2, -0.15) is 0 Å². The van der Waals surface area contributed by atoms with Crippen LogP contribution in [0, 0.1) is 5.92 Å². The molecular formula is C18H26N2O3. The molecule has 0 bridgehead atoms. The molecule has 1 saturated carbocycles. The minimum atomic E-state index is -0.665. The number of aliphatic hydroxyl groups is 1. The number of amides is 2. The fraction of sp³-hybridized carbons (Fsp3) is 0.556. The van der Waals surface area contributed by atoms with Crippen molar-refractivity contribution < 1.29 is 14.7 Å². The second-order valence-corrected chi connectivity index (χ2v) is 6.17. The lowest BCUT2D eigenvalue weighted by atomic mass is 10.0. The summed E-state index contributed by atoms with van der Waals surface area (Å²) in [5.74, 6) is -1.04. The van der Waals surface area contributed by atoms with Gasteiger partial charge in [-0.05, 0) is 37.2 Å². The number of rotatable bonds is 7. The van der Waals surface area contributed by atoms with Crippen LogP contribution in [0.15, 0.2) is 30.3 Å².